The second kappa shape index (κ2) is 7.27. The molecule has 0 aromatic heterocycles. The zero-order valence-electron chi connectivity index (χ0n) is 11.9. The second-order valence-electron chi connectivity index (χ2n) is 4.81. The standard InChI is InChI=1S/C15H25NO2/c1-5-12(3)10-16(6-2)11-13-8-7-9-14(18-4)15(13)17/h7-9,12,17H,5-6,10-11H2,1-4H3. The highest BCUT2D eigenvalue weighted by molar-refractivity contribution is 5.45. The summed E-state index contributed by atoms with van der Waals surface area (Å²) in [6.07, 6.45) is 1.18. The van der Waals surface area contributed by atoms with Gasteiger partial charge in [-0.2, -0.15) is 0 Å². The molecule has 18 heavy (non-hydrogen) atoms. The molecule has 1 aromatic rings. The summed E-state index contributed by atoms with van der Waals surface area (Å²) >= 11 is 0. The Bertz CT molecular complexity index is 366. The summed E-state index contributed by atoms with van der Waals surface area (Å²) in [7, 11) is 1.58. The van der Waals surface area contributed by atoms with E-state index < -0.39 is 0 Å². The quantitative estimate of drug-likeness (QED) is 0.807. The third-order valence-corrected chi connectivity index (χ3v) is 3.41. The van der Waals surface area contributed by atoms with E-state index in [4.69, 9.17) is 4.74 Å². The molecule has 1 rings (SSSR count). The highest BCUT2D eigenvalue weighted by atomic mass is 16.5. The van der Waals surface area contributed by atoms with Gasteiger partial charge in [-0.1, -0.05) is 39.3 Å². The fourth-order valence-corrected chi connectivity index (χ4v) is 1.98. The predicted octanol–water partition coefficient (Wildman–Crippen LogP) is 3.27. The second-order valence-corrected chi connectivity index (χ2v) is 4.81. The maximum Gasteiger partial charge on any atom is 0.162 e. The van der Waals surface area contributed by atoms with Gasteiger partial charge in [0.25, 0.3) is 0 Å². The van der Waals surface area contributed by atoms with Gasteiger partial charge >= 0.3 is 0 Å². The van der Waals surface area contributed by atoms with Crippen LogP contribution in [-0.4, -0.2) is 30.2 Å². The van der Waals surface area contributed by atoms with Crippen LogP contribution >= 0.6 is 0 Å². The van der Waals surface area contributed by atoms with Gasteiger partial charge in [0.05, 0.1) is 7.11 Å². The molecule has 0 aliphatic rings. The van der Waals surface area contributed by atoms with Crippen molar-refractivity contribution in [1.29, 1.82) is 0 Å². The van der Waals surface area contributed by atoms with Crippen molar-refractivity contribution in [2.24, 2.45) is 5.92 Å². The first-order valence-electron chi connectivity index (χ1n) is 6.69. The molecule has 1 N–H and O–H groups in total. The van der Waals surface area contributed by atoms with Crippen LogP contribution in [0.15, 0.2) is 18.2 Å². The minimum Gasteiger partial charge on any atom is -0.504 e. The third-order valence-electron chi connectivity index (χ3n) is 3.41. The Hall–Kier alpha value is -1.22. The van der Waals surface area contributed by atoms with Crippen molar-refractivity contribution in [2.75, 3.05) is 20.2 Å². The zero-order valence-corrected chi connectivity index (χ0v) is 11.9. The van der Waals surface area contributed by atoms with Crippen LogP contribution in [0.3, 0.4) is 0 Å². The van der Waals surface area contributed by atoms with Crippen molar-refractivity contribution in [3.8, 4) is 11.5 Å². The lowest BCUT2D eigenvalue weighted by Crippen LogP contribution is -2.27. The van der Waals surface area contributed by atoms with Crippen molar-refractivity contribution in [3.05, 3.63) is 23.8 Å². The van der Waals surface area contributed by atoms with Crippen molar-refractivity contribution in [3.63, 3.8) is 0 Å². The summed E-state index contributed by atoms with van der Waals surface area (Å²) in [4.78, 5) is 2.35. The summed E-state index contributed by atoms with van der Waals surface area (Å²) in [5.41, 5.74) is 0.930. The van der Waals surface area contributed by atoms with E-state index >= 15 is 0 Å². The van der Waals surface area contributed by atoms with Crippen molar-refractivity contribution in [1.82, 2.24) is 4.90 Å². The Morgan fingerprint density at radius 2 is 2.06 bits per heavy atom. The molecule has 0 saturated heterocycles. The molecule has 1 atom stereocenters. The van der Waals surface area contributed by atoms with Gasteiger partial charge in [0.1, 0.15) is 0 Å². The molecule has 0 spiro atoms. The van der Waals surface area contributed by atoms with Gasteiger partial charge in [0, 0.05) is 18.7 Å². The summed E-state index contributed by atoms with van der Waals surface area (Å²) < 4.78 is 5.13. The smallest absolute Gasteiger partial charge is 0.162 e. The van der Waals surface area contributed by atoms with Crippen molar-refractivity contribution >= 4 is 0 Å². The van der Waals surface area contributed by atoms with Crippen LogP contribution in [0.5, 0.6) is 11.5 Å². The molecular formula is C15H25NO2. The lowest BCUT2D eigenvalue weighted by atomic mass is 10.1. The van der Waals surface area contributed by atoms with Crippen LogP contribution in [-0.2, 0) is 6.54 Å². The molecule has 1 aromatic carbocycles. The van der Waals surface area contributed by atoms with Crippen LogP contribution in [0.4, 0.5) is 0 Å². The first-order chi connectivity index (χ1) is 8.62. The molecule has 0 saturated carbocycles. The first-order valence-corrected chi connectivity index (χ1v) is 6.69. The number of ether oxygens (including phenoxy) is 1. The Morgan fingerprint density at radius 3 is 2.61 bits per heavy atom. The molecule has 0 bridgehead atoms. The lowest BCUT2D eigenvalue weighted by molar-refractivity contribution is 0.234. The SMILES string of the molecule is CCC(C)CN(CC)Cc1cccc(OC)c1O. The molecule has 0 aliphatic carbocycles. The largest absolute Gasteiger partial charge is 0.504 e. The topological polar surface area (TPSA) is 32.7 Å². The fourth-order valence-electron chi connectivity index (χ4n) is 1.98. The number of phenols is 1. The van der Waals surface area contributed by atoms with Gasteiger partial charge in [-0.05, 0) is 18.5 Å². The van der Waals surface area contributed by atoms with Gasteiger partial charge in [-0.3, -0.25) is 4.90 Å². The summed E-state index contributed by atoms with van der Waals surface area (Å²) in [5, 5.41) is 10.1. The minimum absolute atomic E-state index is 0.266. The summed E-state index contributed by atoms with van der Waals surface area (Å²) in [6, 6.07) is 5.66. The molecule has 3 nitrogen and oxygen atoms in total. The van der Waals surface area contributed by atoms with E-state index in [9.17, 15) is 5.11 Å². The van der Waals surface area contributed by atoms with Crippen LogP contribution in [0.25, 0.3) is 0 Å². The maximum absolute atomic E-state index is 10.1. The molecule has 0 fully saturated rings. The number of hydrogen-bond donors (Lipinski definition) is 1. The number of phenolic OH excluding ortho intramolecular Hbond substituents is 1. The highest BCUT2D eigenvalue weighted by Crippen LogP contribution is 2.30. The Labute approximate surface area is 110 Å². The fraction of sp³-hybridized carbons (Fsp3) is 0.600. The van der Waals surface area contributed by atoms with E-state index in [1.54, 1.807) is 13.2 Å². The molecule has 0 radical (unpaired) electrons. The number of hydrogen-bond acceptors (Lipinski definition) is 3. The van der Waals surface area contributed by atoms with Gasteiger partial charge in [-0.25, -0.2) is 0 Å². The van der Waals surface area contributed by atoms with E-state index in [-0.39, 0.29) is 5.75 Å². The van der Waals surface area contributed by atoms with Crippen LogP contribution in [0.2, 0.25) is 0 Å². The number of rotatable bonds is 7. The normalized spacial score (nSPS) is 12.7. The molecule has 1 unspecified atom stereocenters. The van der Waals surface area contributed by atoms with E-state index in [1.807, 2.05) is 12.1 Å². The number of nitrogens with zero attached hydrogens (tertiary/aromatic N) is 1. The highest BCUT2D eigenvalue weighted by Gasteiger charge is 2.12. The first kappa shape index (κ1) is 14.8. The molecule has 3 heteroatoms. The molecule has 102 valence electrons. The average Bonchev–Trinajstić information content (AvgIpc) is 2.39. The number of para-hydroxylation sites is 1. The van der Waals surface area contributed by atoms with E-state index in [1.165, 1.54) is 6.42 Å². The van der Waals surface area contributed by atoms with E-state index in [0.717, 1.165) is 25.2 Å². The van der Waals surface area contributed by atoms with Crippen LogP contribution in [0, 0.1) is 5.92 Å². The van der Waals surface area contributed by atoms with Gasteiger partial charge in [-0.15, -0.1) is 0 Å². The van der Waals surface area contributed by atoms with E-state index in [2.05, 4.69) is 25.7 Å². The predicted molar refractivity (Wildman–Crippen MR) is 75.1 cm³/mol. The zero-order chi connectivity index (χ0) is 13.5. The van der Waals surface area contributed by atoms with Crippen LogP contribution < -0.4 is 4.74 Å². The minimum atomic E-state index is 0.266. The molecule has 0 amide bonds. The lowest BCUT2D eigenvalue weighted by Gasteiger charge is -2.24. The number of methoxy groups -OCH3 is 1. The molecule has 0 aliphatic heterocycles. The van der Waals surface area contributed by atoms with E-state index in [0.29, 0.717) is 11.7 Å². The summed E-state index contributed by atoms with van der Waals surface area (Å²) in [6.45, 7) is 9.43. The van der Waals surface area contributed by atoms with Gasteiger partial charge in [0.2, 0.25) is 0 Å². The Kier molecular flexibility index (Phi) is 5.99. The van der Waals surface area contributed by atoms with Crippen molar-refractivity contribution < 1.29 is 9.84 Å². The molecule has 0 heterocycles. The Morgan fingerprint density at radius 1 is 1.33 bits per heavy atom. The third kappa shape index (κ3) is 3.91. The number of benzene rings is 1. The maximum atomic E-state index is 10.1. The Balaban J connectivity index is 2.75. The molecular weight excluding hydrogens is 226 g/mol. The van der Waals surface area contributed by atoms with Crippen molar-refractivity contribution in [2.45, 2.75) is 33.7 Å². The van der Waals surface area contributed by atoms with Gasteiger partial charge in [0.15, 0.2) is 11.5 Å². The average molecular weight is 251 g/mol. The monoisotopic (exact) mass is 251 g/mol. The summed E-state index contributed by atoms with van der Waals surface area (Å²) in [5.74, 6) is 1.49. The van der Waals surface area contributed by atoms with Crippen LogP contribution in [0.1, 0.15) is 32.8 Å². The van der Waals surface area contributed by atoms with Gasteiger partial charge < -0.3 is 9.84 Å². The number of aromatic hydroxyl groups is 1.